The maximum atomic E-state index is 12.8. The number of ether oxygens (including phenoxy) is 3. The minimum atomic E-state index is -0.809. The summed E-state index contributed by atoms with van der Waals surface area (Å²) in [6.07, 6.45) is 70.5. The topological polar surface area (TPSA) is 78.9 Å². The van der Waals surface area contributed by atoms with E-state index in [9.17, 15) is 14.4 Å². The van der Waals surface area contributed by atoms with Crippen molar-refractivity contribution in [2.75, 3.05) is 13.2 Å². The largest absolute Gasteiger partial charge is 0.462 e. The molecule has 1 atom stereocenters. The highest BCUT2D eigenvalue weighted by Crippen LogP contribution is 2.15. The maximum absolute atomic E-state index is 12.8. The van der Waals surface area contributed by atoms with E-state index >= 15 is 0 Å². The minimum Gasteiger partial charge on any atom is -0.462 e. The summed E-state index contributed by atoms with van der Waals surface area (Å²) in [5, 5.41) is 0. The van der Waals surface area contributed by atoms with Crippen LogP contribution in [-0.2, 0) is 28.6 Å². The lowest BCUT2D eigenvalue weighted by Crippen LogP contribution is -2.30. The van der Waals surface area contributed by atoms with Crippen LogP contribution in [0.2, 0.25) is 0 Å². The first-order valence-corrected chi connectivity index (χ1v) is 28.4. The van der Waals surface area contributed by atoms with Gasteiger partial charge < -0.3 is 14.2 Å². The first-order valence-electron chi connectivity index (χ1n) is 28.4. The van der Waals surface area contributed by atoms with Crippen molar-refractivity contribution >= 4 is 17.9 Å². The molecule has 0 bridgehead atoms. The predicted octanol–water partition coefficient (Wildman–Crippen LogP) is 19.0. The monoisotopic (exact) mass is 935 g/mol. The zero-order valence-electron chi connectivity index (χ0n) is 44.2. The molecule has 0 radical (unpaired) electrons. The molecule has 0 spiro atoms. The zero-order valence-corrected chi connectivity index (χ0v) is 44.2. The van der Waals surface area contributed by atoms with E-state index in [1.54, 1.807) is 0 Å². The average Bonchev–Trinajstić information content (AvgIpc) is 3.33. The summed E-state index contributed by atoms with van der Waals surface area (Å²) in [5.41, 5.74) is 0. The van der Waals surface area contributed by atoms with E-state index in [1.807, 2.05) is 6.08 Å². The number of esters is 3. The molecule has 6 heteroatoms. The fraction of sp³-hybridized carbons (Fsp3) is 0.754. The summed E-state index contributed by atoms with van der Waals surface area (Å²) >= 11 is 0. The van der Waals surface area contributed by atoms with Gasteiger partial charge in [-0.25, -0.2) is 0 Å². The van der Waals surface area contributed by atoms with Gasteiger partial charge in [0, 0.05) is 19.3 Å². The first-order chi connectivity index (χ1) is 33.0. The molecule has 0 N–H and O–H groups in total. The van der Waals surface area contributed by atoms with Crippen molar-refractivity contribution in [3.05, 3.63) is 72.9 Å². The highest BCUT2D eigenvalue weighted by Gasteiger charge is 2.19. The highest BCUT2D eigenvalue weighted by atomic mass is 16.6. The zero-order chi connectivity index (χ0) is 48.6. The Labute approximate surface area is 414 Å². The van der Waals surface area contributed by atoms with Gasteiger partial charge in [0.25, 0.3) is 0 Å². The third kappa shape index (κ3) is 53.7. The van der Waals surface area contributed by atoms with E-state index < -0.39 is 6.10 Å². The van der Waals surface area contributed by atoms with Gasteiger partial charge in [-0.2, -0.15) is 0 Å². The van der Waals surface area contributed by atoms with Gasteiger partial charge in [-0.15, -0.1) is 0 Å². The molecule has 0 aliphatic heterocycles. The van der Waals surface area contributed by atoms with Gasteiger partial charge in [0.2, 0.25) is 0 Å². The molecular weight excluding hydrogens is 829 g/mol. The molecule has 0 aromatic rings. The van der Waals surface area contributed by atoms with Crippen molar-refractivity contribution in [1.82, 2.24) is 0 Å². The van der Waals surface area contributed by atoms with Crippen molar-refractivity contribution < 1.29 is 28.6 Å². The Balaban J connectivity index is 4.39. The second-order valence-corrected chi connectivity index (χ2v) is 18.8. The summed E-state index contributed by atoms with van der Waals surface area (Å²) in [6.45, 7) is 6.46. The van der Waals surface area contributed by atoms with Gasteiger partial charge in [0.15, 0.2) is 6.10 Å². The third-order valence-electron chi connectivity index (χ3n) is 12.2. The molecule has 0 aliphatic rings. The summed E-state index contributed by atoms with van der Waals surface area (Å²) in [6, 6.07) is 0. The van der Waals surface area contributed by atoms with Gasteiger partial charge in [-0.05, 0) is 96.3 Å². The fourth-order valence-corrected chi connectivity index (χ4v) is 7.92. The number of rotatable bonds is 51. The van der Waals surface area contributed by atoms with Crippen LogP contribution in [-0.4, -0.2) is 37.2 Å². The molecule has 0 aliphatic carbocycles. The molecule has 0 amide bonds. The van der Waals surface area contributed by atoms with Crippen LogP contribution in [0.4, 0.5) is 0 Å². The number of carbonyl (C=O) groups is 3. The Bertz CT molecular complexity index is 1260. The van der Waals surface area contributed by atoms with Gasteiger partial charge in [0.05, 0.1) is 0 Å². The van der Waals surface area contributed by atoms with Gasteiger partial charge in [-0.1, -0.05) is 235 Å². The second-order valence-electron chi connectivity index (χ2n) is 18.8. The molecule has 0 saturated carbocycles. The Morgan fingerprint density at radius 3 is 1.00 bits per heavy atom. The quantitative estimate of drug-likeness (QED) is 0.0262. The molecule has 386 valence electrons. The van der Waals surface area contributed by atoms with E-state index in [1.165, 1.54) is 154 Å². The number of hydrogen-bond acceptors (Lipinski definition) is 6. The molecule has 0 aromatic heterocycles. The summed E-state index contributed by atoms with van der Waals surface area (Å²) in [7, 11) is 0. The lowest BCUT2D eigenvalue weighted by Gasteiger charge is -2.18. The molecule has 0 heterocycles. The summed E-state index contributed by atoms with van der Waals surface area (Å²) in [5.74, 6) is -0.990. The van der Waals surface area contributed by atoms with Crippen molar-refractivity contribution in [2.45, 2.75) is 284 Å². The lowest BCUT2D eigenvalue weighted by molar-refractivity contribution is -0.166. The van der Waals surface area contributed by atoms with Crippen molar-refractivity contribution in [1.29, 1.82) is 0 Å². The minimum absolute atomic E-state index is 0.101. The number of unbranched alkanes of at least 4 members (excludes halogenated alkanes) is 28. The van der Waals surface area contributed by atoms with E-state index in [4.69, 9.17) is 14.2 Å². The molecule has 0 aromatic carbocycles. The number of carbonyl (C=O) groups excluding carboxylic acids is 3. The van der Waals surface area contributed by atoms with Crippen LogP contribution in [0.1, 0.15) is 278 Å². The highest BCUT2D eigenvalue weighted by molar-refractivity contribution is 5.71. The Morgan fingerprint density at radius 1 is 0.313 bits per heavy atom. The fourth-order valence-electron chi connectivity index (χ4n) is 7.92. The van der Waals surface area contributed by atoms with Crippen LogP contribution in [0.3, 0.4) is 0 Å². The van der Waals surface area contributed by atoms with E-state index in [0.29, 0.717) is 19.3 Å². The second kappa shape index (κ2) is 55.4. The average molecular weight is 936 g/mol. The smallest absolute Gasteiger partial charge is 0.306 e. The van der Waals surface area contributed by atoms with E-state index in [-0.39, 0.29) is 37.5 Å². The summed E-state index contributed by atoms with van der Waals surface area (Å²) in [4.78, 5) is 38.0. The lowest BCUT2D eigenvalue weighted by atomic mass is 10.1. The molecule has 6 nitrogen and oxygen atoms in total. The first kappa shape index (κ1) is 63.8. The van der Waals surface area contributed by atoms with Gasteiger partial charge in [0.1, 0.15) is 13.2 Å². The number of hydrogen-bond donors (Lipinski definition) is 0. The molecule has 0 saturated heterocycles. The van der Waals surface area contributed by atoms with E-state index in [0.717, 1.165) is 77.0 Å². The van der Waals surface area contributed by atoms with Crippen molar-refractivity contribution in [3.63, 3.8) is 0 Å². The predicted molar refractivity (Wildman–Crippen MR) is 288 cm³/mol. The van der Waals surface area contributed by atoms with Crippen LogP contribution in [0.25, 0.3) is 0 Å². The summed E-state index contributed by atoms with van der Waals surface area (Å²) < 4.78 is 16.8. The standard InChI is InChI=1S/C61H106O6/c1-4-7-10-13-16-19-22-25-27-28-29-30-31-32-34-36-39-42-45-48-51-54-60(63)66-57-58(56-65-59(62)53-50-47-44-41-38-35-24-21-18-15-12-9-6-3)67-61(64)55-52-49-46-43-40-37-33-26-23-20-17-14-11-8-5-2/h9,12,18,21,26,28-29,33,35,38,44,47,58H,4-8,10-11,13-17,19-20,22-25,27,30-32,34,36-37,39-43,45-46,48-57H2,1-3H3/b12-9-,21-18-,29-28-,33-26-,38-35-,47-44-. The molecule has 0 rings (SSSR count). The van der Waals surface area contributed by atoms with Crippen LogP contribution in [0.5, 0.6) is 0 Å². The van der Waals surface area contributed by atoms with Crippen LogP contribution in [0, 0.1) is 0 Å². The molecular formula is C61H106O6. The Hall–Kier alpha value is -3.15. The van der Waals surface area contributed by atoms with Crippen molar-refractivity contribution in [3.8, 4) is 0 Å². The SMILES string of the molecule is CC/C=C\C/C=C\C/C=C\C/C=C\CCC(=O)OCC(COC(=O)CCCCCCCCCCC/C=C\CCCCCCCCCC)OC(=O)CCCCCCC/C=C\CCCCCCCC. The normalized spacial score (nSPS) is 12.6. The third-order valence-corrected chi connectivity index (χ3v) is 12.2. The maximum Gasteiger partial charge on any atom is 0.306 e. The molecule has 67 heavy (non-hydrogen) atoms. The van der Waals surface area contributed by atoms with Crippen molar-refractivity contribution in [2.24, 2.45) is 0 Å². The number of allylic oxidation sites excluding steroid dienone is 12. The Kier molecular flexibility index (Phi) is 52.8. The Morgan fingerprint density at radius 2 is 0.612 bits per heavy atom. The molecule has 0 fully saturated rings. The van der Waals surface area contributed by atoms with Crippen LogP contribution in [0.15, 0.2) is 72.9 Å². The van der Waals surface area contributed by atoms with E-state index in [2.05, 4.69) is 87.6 Å². The van der Waals surface area contributed by atoms with Crippen LogP contribution >= 0.6 is 0 Å². The van der Waals surface area contributed by atoms with Gasteiger partial charge >= 0.3 is 17.9 Å². The molecule has 1 unspecified atom stereocenters. The van der Waals surface area contributed by atoms with Gasteiger partial charge in [-0.3, -0.25) is 14.4 Å². The van der Waals surface area contributed by atoms with Crippen LogP contribution < -0.4 is 0 Å².